The Morgan fingerprint density at radius 1 is 1.20 bits per heavy atom. The molecule has 0 aliphatic rings. The molecule has 0 heterocycles. The van der Waals surface area contributed by atoms with Crippen LogP contribution in [0.4, 0.5) is 5.69 Å². The Hall–Kier alpha value is -2.69. The van der Waals surface area contributed by atoms with Crippen LogP contribution in [-0.4, -0.2) is 25.2 Å². The van der Waals surface area contributed by atoms with E-state index in [9.17, 15) is 9.90 Å². The molecule has 5 nitrogen and oxygen atoms in total. The van der Waals surface area contributed by atoms with Crippen LogP contribution in [0.3, 0.4) is 0 Å². The fourth-order valence-corrected chi connectivity index (χ4v) is 1.72. The highest BCUT2D eigenvalue weighted by Crippen LogP contribution is 2.30. The summed E-state index contributed by atoms with van der Waals surface area (Å²) in [7, 11) is 3.05. The van der Waals surface area contributed by atoms with Gasteiger partial charge in [0.2, 0.25) is 0 Å². The van der Waals surface area contributed by atoms with Gasteiger partial charge in [-0.05, 0) is 30.3 Å². The number of ether oxygens (including phenoxy) is 2. The van der Waals surface area contributed by atoms with Crippen molar-refractivity contribution in [2.75, 3.05) is 19.5 Å². The predicted octanol–water partition coefficient (Wildman–Crippen LogP) is 2.46. The van der Waals surface area contributed by atoms with Crippen molar-refractivity contribution in [2.45, 2.75) is 0 Å². The van der Waals surface area contributed by atoms with E-state index in [1.165, 1.54) is 32.4 Å². The smallest absolute Gasteiger partial charge is 0.259 e. The normalized spacial score (nSPS) is 9.90. The summed E-state index contributed by atoms with van der Waals surface area (Å²) in [5.74, 6) is 0.559. The number of rotatable bonds is 4. The third kappa shape index (κ3) is 2.83. The van der Waals surface area contributed by atoms with E-state index < -0.39 is 5.91 Å². The van der Waals surface area contributed by atoms with E-state index in [0.717, 1.165) is 0 Å². The number of benzene rings is 2. The third-order valence-corrected chi connectivity index (χ3v) is 2.73. The van der Waals surface area contributed by atoms with Crippen LogP contribution in [0.25, 0.3) is 0 Å². The van der Waals surface area contributed by atoms with E-state index in [1.54, 1.807) is 18.2 Å². The zero-order valence-electron chi connectivity index (χ0n) is 11.1. The number of aromatic hydroxyl groups is 1. The first-order chi connectivity index (χ1) is 9.65. The number of carbonyl (C=O) groups is 1. The summed E-state index contributed by atoms with van der Waals surface area (Å²) in [5, 5.41) is 12.3. The molecular formula is C15H14NO4. The lowest BCUT2D eigenvalue weighted by Crippen LogP contribution is -2.12. The molecule has 0 atom stereocenters. The van der Waals surface area contributed by atoms with Crippen molar-refractivity contribution < 1.29 is 19.4 Å². The van der Waals surface area contributed by atoms with Crippen molar-refractivity contribution in [1.29, 1.82) is 0 Å². The molecule has 0 unspecified atom stereocenters. The van der Waals surface area contributed by atoms with Crippen molar-refractivity contribution in [3.05, 3.63) is 48.0 Å². The Kier molecular flexibility index (Phi) is 4.10. The van der Waals surface area contributed by atoms with Gasteiger partial charge in [-0.3, -0.25) is 4.79 Å². The van der Waals surface area contributed by atoms with Gasteiger partial charge in [-0.1, -0.05) is 6.07 Å². The first-order valence-corrected chi connectivity index (χ1v) is 5.88. The number of methoxy groups -OCH3 is 2. The summed E-state index contributed by atoms with van der Waals surface area (Å²) in [6, 6.07) is 12.1. The number of hydrogen-bond acceptors (Lipinski definition) is 4. The second kappa shape index (κ2) is 5.97. The highest BCUT2D eigenvalue weighted by atomic mass is 16.5. The van der Waals surface area contributed by atoms with E-state index in [2.05, 4.69) is 11.4 Å². The molecule has 0 fully saturated rings. The number of carbonyl (C=O) groups excluding carboxylic acids is 1. The van der Waals surface area contributed by atoms with E-state index in [1.807, 2.05) is 0 Å². The number of nitrogens with one attached hydrogen (secondary N) is 1. The van der Waals surface area contributed by atoms with Crippen LogP contribution in [0, 0.1) is 6.07 Å². The van der Waals surface area contributed by atoms with Gasteiger partial charge in [0.25, 0.3) is 5.91 Å². The second-order valence-electron chi connectivity index (χ2n) is 3.97. The fourth-order valence-electron chi connectivity index (χ4n) is 1.72. The molecule has 2 aromatic carbocycles. The molecule has 2 N–H and O–H groups in total. The summed E-state index contributed by atoms with van der Waals surface area (Å²) < 4.78 is 10.3. The predicted molar refractivity (Wildman–Crippen MR) is 74.4 cm³/mol. The summed E-state index contributed by atoms with van der Waals surface area (Å²) in [6.45, 7) is 0. The minimum atomic E-state index is -0.424. The zero-order valence-corrected chi connectivity index (χ0v) is 11.1. The SMILES string of the molecule is COc1ccc(NC(=O)c2c[c]ccc2O)cc1OC. The van der Waals surface area contributed by atoms with E-state index in [-0.39, 0.29) is 11.3 Å². The molecule has 5 heteroatoms. The fraction of sp³-hybridized carbons (Fsp3) is 0.133. The molecule has 2 rings (SSSR count). The summed E-state index contributed by atoms with van der Waals surface area (Å²) in [6.07, 6.45) is 0. The summed E-state index contributed by atoms with van der Waals surface area (Å²) in [5.41, 5.74) is 0.693. The molecule has 0 saturated carbocycles. The average Bonchev–Trinajstić information content (AvgIpc) is 2.47. The van der Waals surface area contributed by atoms with E-state index in [0.29, 0.717) is 17.2 Å². The van der Waals surface area contributed by atoms with Crippen molar-refractivity contribution in [1.82, 2.24) is 0 Å². The maximum Gasteiger partial charge on any atom is 0.259 e. The highest BCUT2D eigenvalue weighted by molar-refractivity contribution is 6.06. The van der Waals surface area contributed by atoms with Crippen molar-refractivity contribution in [2.24, 2.45) is 0 Å². The van der Waals surface area contributed by atoms with Gasteiger partial charge in [0, 0.05) is 11.8 Å². The van der Waals surface area contributed by atoms with Crippen LogP contribution in [-0.2, 0) is 0 Å². The van der Waals surface area contributed by atoms with Gasteiger partial charge in [-0.25, -0.2) is 0 Å². The number of amides is 1. The van der Waals surface area contributed by atoms with Gasteiger partial charge >= 0.3 is 0 Å². The van der Waals surface area contributed by atoms with Gasteiger partial charge in [-0.2, -0.15) is 0 Å². The molecule has 0 aliphatic carbocycles. The van der Waals surface area contributed by atoms with Crippen LogP contribution in [0.5, 0.6) is 17.2 Å². The maximum atomic E-state index is 12.0. The molecule has 0 bridgehead atoms. The molecule has 0 spiro atoms. The molecule has 2 aromatic rings. The quantitative estimate of drug-likeness (QED) is 0.897. The lowest BCUT2D eigenvalue weighted by Gasteiger charge is -2.11. The van der Waals surface area contributed by atoms with Crippen LogP contribution >= 0.6 is 0 Å². The van der Waals surface area contributed by atoms with Crippen LogP contribution in [0.15, 0.2) is 36.4 Å². The molecule has 103 valence electrons. The lowest BCUT2D eigenvalue weighted by molar-refractivity contribution is 0.102. The van der Waals surface area contributed by atoms with Crippen molar-refractivity contribution >= 4 is 11.6 Å². The molecule has 0 aliphatic heterocycles. The third-order valence-electron chi connectivity index (χ3n) is 2.73. The zero-order chi connectivity index (χ0) is 14.5. The van der Waals surface area contributed by atoms with Crippen molar-refractivity contribution in [3.8, 4) is 17.2 Å². The van der Waals surface area contributed by atoms with Crippen LogP contribution < -0.4 is 14.8 Å². The molecule has 0 saturated heterocycles. The van der Waals surface area contributed by atoms with Gasteiger partial charge in [-0.15, -0.1) is 0 Å². The first kappa shape index (κ1) is 13.7. The van der Waals surface area contributed by atoms with Gasteiger partial charge in [0.05, 0.1) is 19.8 Å². The number of phenols is 1. The Morgan fingerprint density at radius 3 is 2.60 bits per heavy atom. The largest absolute Gasteiger partial charge is 0.507 e. The van der Waals surface area contributed by atoms with Crippen LogP contribution in [0.2, 0.25) is 0 Å². The number of anilines is 1. The standard InChI is InChI=1S/C15H14NO4/c1-19-13-8-7-10(9-14(13)20-2)16-15(18)11-5-3-4-6-12(11)17/h4-9,17H,1-2H3,(H,16,18). The van der Waals surface area contributed by atoms with E-state index >= 15 is 0 Å². The molecule has 20 heavy (non-hydrogen) atoms. The Morgan fingerprint density at radius 2 is 1.95 bits per heavy atom. The highest BCUT2D eigenvalue weighted by Gasteiger charge is 2.12. The Bertz CT molecular complexity index is 625. The Labute approximate surface area is 116 Å². The van der Waals surface area contributed by atoms with E-state index in [4.69, 9.17) is 9.47 Å². The maximum absolute atomic E-state index is 12.0. The lowest BCUT2D eigenvalue weighted by atomic mass is 10.2. The average molecular weight is 272 g/mol. The molecule has 1 radical (unpaired) electrons. The van der Waals surface area contributed by atoms with Gasteiger partial charge in [0.15, 0.2) is 11.5 Å². The summed E-state index contributed by atoms with van der Waals surface area (Å²) >= 11 is 0. The molecule has 0 aromatic heterocycles. The second-order valence-corrected chi connectivity index (χ2v) is 3.97. The Balaban J connectivity index is 2.22. The van der Waals surface area contributed by atoms with Crippen molar-refractivity contribution in [3.63, 3.8) is 0 Å². The number of hydrogen-bond donors (Lipinski definition) is 2. The monoisotopic (exact) mass is 272 g/mol. The minimum absolute atomic E-state index is 0.0956. The minimum Gasteiger partial charge on any atom is -0.507 e. The number of phenolic OH excluding ortho intramolecular Hbond substituents is 1. The van der Waals surface area contributed by atoms with Gasteiger partial charge in [0.1, 0.15) is 5.75 Å². The summed E-state index contributed by atoms with van der Waals surface area (Å²) in [4.78, 5) is 12.0. The topological polar surface area (TPSA) is 67.8 Å². The molecule has 1 amide bonds. The molecular weight excluding hydrogens is 258 g/mol. The first-order valence-electron chi connectivity index (χ1n) is 5.88. The van der Waals surface area contributed by atoms with Gasteiger partial charge < -0.3 is 19.9 Å². The van der Waals surface area contributed by atoms with Crippen LogP contribution in [0.1, 0.15) is 10.4 Å².